The summed E-state index contributed by atoms with van der Waals surface area (Å²) in [5, 5.41) is 0. The van der Waals surface area contributed by atoms with Gasteiger partial charge in [-0.1, -0.05) is 18.2 Å². The fourth-order valence-corrected chi connectivity index (χ4v) is 4.22. The van der Waals surface area contributed by atoms with Crippen molar-refractivity contribution in [2.24, 2.45) is 0 Å². The van der Waals surface area contributed by atoms with Crippen molar-refractivity contribution >= 4 is 27.2 Å². The first-order valence-corrected chi connectivity index (χ1v) is 10.4. The number of aryl methyl sites for hydroxylation is 1. The third kappa shape index (κ3) is 4.26. The van der Waals surface area contributed by atoms with Crippen LogP contribution in [0.2, 0.25) is 0 Å². The molecule has 6 nitrogen and oxygen atoms in total. The van der Waals surface area contributed by atoms with Crippen molar-refractivity contribution in [1.29, 1.82) is 0 Å². The van der Waals surface area contributed by atoms with E-state index in [2.05, 4.69) is 9.71 Å². The molecule has 0 radical (unpaired) electrons. The molecular weight excluding hydrogens is 374 g/mol. The first-order chi connectivity index (χ1) is 13.4. The van der Waals surface area contributed by atoms with Crippen molar-refractivity contribution in [3.05, 3.63) is 72.4 Å². The third-order valence-electron chi connectivity index (χ3n) is 4.33. The summed E-state index contributed by atoms with van der Waals surface area (Å²) < 4.78 is 33.2. The Labute approximate surface area is 165 Å². The Morgan fingerprint density at radius 2 is 1.82 bits per heavy atom. The molecule has 0 saturated carbocycles. The van der Waals surface area contributed by atoms with Crippen LogP contribution in [-0.4, -0.2) is 27.1 Å². The Hall–Kier alpha value is -3.06. The number of benzene rings is 2. The van der Waals surface area contributed by atoms with Crippen LogP contribution in [-0.2, 0) is 10.0 Å². The molecule has 1 heterocycles. The largest absolute Gasteiger partial charge is 0.497 e. The molecule has 0 spiro atoms. The molecule has 0 fully saturated rings. The number of aromatic nitrogens is 1. The SMILES string of the molecule is CCN(c1ccccc1)c1ccc(NS(=O)(=O)c2ccc(OC)cc2C)cn1. The first kappa shape index (κ1) is 19.7. The van der Waals surface area contributed by atoms with Crippen molar-refractivity contribution < 1.29 is 13.2 Å². The van der Waals surface area contributed by atoms with Gasteiger partial charge in [0.2, 0.25) is 0 Å². The zero-order valence-electron chi connectivity index (χ0n) is 16.1. The molecule has 0 atom stereocenters. The zero-order chi connectivity index (χ0) is 20.1. The fourth-order valence-electron chi connectivity index (χ4n) is 2.95. The lowest BCUT2D eigenvalue weighted by Crippen LogP contribution is -2.18. The summed E-state index contributed by atoms with van der Waals surface area (Å²) in [5.41, 5.74) is 2.04. The second kappa shape index (κ2) is 8.31. The van der Waals surface area contributed by atoms with Crippen molar-refractivity contribution in [3.63, 3.8) is 0 Å². The van der Waals surface area contributed by atoms with Gasteiger partial charge in [0.1, 0.15) is 11.6 Å². The Kier molecular flexibility index (Phi) is 5.84. The molecule has 3 rings (SSSR count). The van der Waals surface area contributed by atoms with Crippen LogP contribution in [0.1, 0.15) is 12.5 Å². The van der Waals surface area contributed by atoms with E-state index in [0.717, 1.165) is 18.1 Å². The lowest BCUT2D eigenvalue weighted by Gasteiger charge is -2.22. The van der Waals surface area contributed by atoms with Gasteiger partial charge in [-0.05, 0) is 61.9 Å². The second-order valence-electron chi connectivity index (χ2n) is 6.22. The Morgan fingerprint density at radius 1 is 1.07 bits per heavy atom. The summed E-state index contributed by atoms with van der Waals surface area (Å²) in [6.45, 7) is 4.52. The molecule has 28 heavy (non-hydrogen) atoms. The summed E-state index contributed by atoms with van der Waals surface area (Å²) >= 11 is 0. The number of sulfonamides is 1. The molecule has 0 bridgehead atoms. The maximum absolute atomic E-state index is 12.7. The molecule has 0 amide bonds. The van der Waals surface area contributed by atoms with Gasteiger partial charge in [0.05, 0.1) is 23.9 Å². The predicted molar refractivity (Wildman–Crippen MR) is 112 cm³/mol. The molecular formula is C21H23N3O3S. The van der Waals surface area contributed by atoms with E-state index in [1.54, 1.807) is 38.3 Å². The number of methoxy groups -OCH3 is 1. The smallest absolute Gasteiger partial charge is 0.262 e. The molecule has 1 N–H and O–H groups in total. The molecule has 1 aromatic heterocycles. The first-order valence-electron chi connectivity index (χ1n) is 8.90. The summed E-state index contributed by atoms with van der Waals surface area (Å²) in [7, 11) is -2.17. The van der Waals surface area contributed by atoms with Gasteiger partial charge >= 0.3 is 0 Å². The average Bonchev–Trinajstić information content (AvgIpc) is 2.70. The van der Waals surface area contributed by atoms with Crippen LogP contribution < -0.4 is 14.4 Å². The zero-order valence-corrected chi connectivity index (χ0v) is 16.9. The van der Waals surface area contributed by atoms with Crippen molar-refractivity contribution in [1.82, 2.24) is 4.98 Å². The van der Waals surface area contributed by atoms with Gasteiger partial charge in [-0.25, -0.2) is 13.4 Å². The molecule has 0 aliphatic heterocycles. The number of ether oxygens (including phenoxy) is 1. The molecule has 0 aliphatic carbocycles. The maximum atomic E-state index is 12.7. The highest BCUT2D eigenvalue weighted by molar-refractivity contribution is 7.92. The quantitative estimate of drug-likeness (QED) is 0.641. The van der Waals surface area contributed by atoms with E-state index in [0.29, 0.717) is 17.0 Å². The van der Waals surface area contributed by atoms with Gasteiger partial charge in [-0.15, -0.1) is 0 Å². The van der Waals surface area contributed by atoms with Crippen LogP contribution >= 0.6 is 0 Å². The highest BCUT2D eigenvalue weighted by Crippen LogP contribution is 2.26. The van der Waals surface area contributed by atoms with Crippen LogP contribution in [0.5, 0.6) is 5.75 Å². The van der Waals surface area contributed by atoms with E-state index in [4.69, 9.17) is 4.74 Å². The number of para-hydroxylation sites is 1. The normalized spacial score (nSPS) is 11.1. The van der Waals surface area contributed by atoms with Gasteiger partial charge in [0.15, 0.2) is 0 Å². The highest BCUT2D eigenvalue weighted by Gasteiger charge is 2.18. The van der Waals surface area contributed by atoms with Crippen molar-refractivity contribution in [2.45, 2.75) is 18.7 Å². The summed E-state index contributed by atoms with van der Waals surface area (Å²) in [4.78, 5) is 6.69. The van der Waals surface area contributed by atoms with Crippen LogP contribution in [0.15, 0.2) is 71.8 Å². The summed E-state index contributed by atoms with van der Waals surface area (Å²) in [5.74, 6) is 1.36. The number of anilines is 3. The topological polar surface area (TPSA) is 71.5 Å². The van der Waals surface area contributed by atoms with Crippen molar-refractivity contribution in [3.8, 4) is 5.75 Å². The van der Waals surface area contributed by atoms with Gasteiger partial charge in [-0.3, -0.25) is 4.72 Å². The van der Waals surface area contributed by atoms with Crippen LogP contribution in [0.3, 0.4) is 0 Å². The summed E-state index contributed by atoms with van der Waals surface area (Å²) in [6, 6.07) is 18.3. The maximum Gasteiger partial charge on any atom is 0.262 e. The Balaban J connectivity index is 1.82. The number of hydrogen-bond donors (Lipinski definition) is 1. The van der Waals surface area contributed by atoms with E-state index < -0.39 is 10.0 Å². The number of nitrogens with one attached hydrogen (secondary N) is 1. The monoisotopic (exact) mass is 397 g/mol. The number of nitrogens with zero attached hydrogens (tertiary/aromatic N) is 2. The minimum atomic E-state index is -3.72. The van der Waals surface area contributed by atoms with Gasteiger partial charge in [-0.2, -0.15) is 0 Å². The number of rotatable bonds is 7. The molecule has 2 aromatic carbocycles. The average molecular weight is 398 g/mol. The summed E-state index contributed by atoms with van der Waals surface area (Å²) in [6.07, 6.45) is 1.53. The van der Waals surface area contributed by atoms with Gasteiger partial charge in [0, 0.05) is 12.2 Å². The van der Waals surface area contributed by atoms with Crippen LogP contribution in [0.4, 0.5) is 17.2 Å². The van der Waals surface area contributed by atoms with E-state index in [-0.39, 0.29) is 4.90 Å². The molecule has 146 valence electrons. The number of pyridine rings is 1. The fraction of sp³-hybridized carbons (Fsp3) is 0.190. The van der Waals surface area contributed by atoms with E-state index >= 15 is 0 Å². The number of hydrogen-bond acceptors (Lipinski definition) is 5. The third-order valence-corrected chi connectivity index (χ3v) is 5.87. The Morgan fingerprint density at radius 3 is 2.39 bits per heavy atom. The van der Waals surface area contributed by atoms with E-state index in [9.17, 15) is 8.42 Å². The van der Waals surface area contributed by atoms with Crippen LogP contribution in [0, 0.1) is 6.92 Å². The second-order valence-corrected chi connectivity index (χ2v) is 7.87. The standard InChI is InChI=1S/C21H23N3O3S/c1-4-24(18-8-6-5-7-9-18)21-13-10-17(15-22-21)23-28(25,26)20-12-11-19(27-3)14-16(20)2/h5-15,23H,4H2,1-3H3. The molecule has 0 saturated heterocycles. The van der Waals surface area contributed by atoms with Gasteiger partial charge < -0.3 is 9.64 Å². The molecule has 7 heteroatoms. The highest BCUT2D eigenvalue weighted by atomic mass is 32.2. The van der Waals surface area contributed by atoms with E-state index in [1.807, 2.05) is 42.2 Å². The van der Waals surface area contributed by atoms with Crippen LogP contribution in [0.25, 0.3) is 0 Å². The lowest BCUT2D eigenvalue weighted by molar-refractivity contribution is 0.414. The van der Waals surface area contributed by atoms with Crippen molar-refractivity contribution in [2.75, 3.05) is 23.3 Å². The minimum absolute atomic E-state index is 0.205. The van der Waals surface area contributed by atoms with E-state index in [1.165, 1.54) is 12.3 Å². The minimum Gasteiger partial charge on any atom is -0.497 e. The van der Waals surface area contributed by atoms with Gasteiger partial charge in [0.25, 0.3) is 10.0 Å². The molecule has 3 aromatic rings. The predicted octanol–water partition coefficient (Wildman–Crippen LogP) is 4.36. The Bertz CT molecular complexity index is 1040. The molecule has 0 unspecified atom stereocenters. The lowest BCUT2D eigenvalue weighted by atomic mass is 10.2. The molecule has 0 aliphatic rings.